The van der Waals surface area contributed by atoms with E-state index in [-0.39, 0.29) is 63.0 Å². The summed E-state index contributed by atoms with van der Waals surface area (Å²) in [5.74, 6) is -6.28. The van der Waals surface area contributed by atoms with Crippen LogP contribution in [0.3, 0.4) is 0 Å². The molecule has 2 aliphatic carbocycles. The number of Topliss-reactive ketones (excluding diaryl/α,β-unsaturated/α-hetero) is 3. The second-order valence-electron chi connectivity index (χ2n) is 11.8. The third-order valence-electron chi connectivity index (χ3n) is 8.28. The standard InChI is InChI=1S/C33H44N2O13/c36-15-21(40)5-9-34(10-6-22(41)16-37)19-1-3-25(27(44)13-19)29-31(46)30(33(48)32(29)47)26-4-2-20(14-28(26)45)35(11-7-23(42)17-38)12-8-24(43)18-39/h1-4,13-14,21-24,29,36-44H,5-12,15-18H2/b30-26-. The maximum atomic E-state index is 13.6. The van der Waals surface area contributed by atoms with Crippen LogP contribution in [0.5, 0.6) is 5.75 Å². The van der Waals surface area contributed by atoms with E-state index in [4.69, 9.17) is 10.2 Å². The molecule has 5 unspecified atom stereocenters. The quantitative estimate of drug-likeness (QED) is 0.0249. The first-order valence-corrected chi connectivity index (χ1v) is 15.7. The van der Waals surface area contributed by atoms with E-state index in [0.717, 1.165) is 6.07 Å². The summed E-state index contributed by atoms with van der Waals surface area (Å²) in [5, 5.41) is 100. The SMILES string of the molecule is O=C1C(=O)C(c2ccc(N(CCC(O)CO)CCC(O)CO)cc2[O-])C(=O)/C1=C1\C=CC(=[N+](CCC(O)CO)CCC(O)CO)C=C1O. The van der Waals surface area contributed by atoms with Crippen LogP contribution in [0.15, 0.2) is 53.3 Å². The van der Waals surface area contributed by atoms with Gasteiger partial charge in [0.1, 0.15) is 24.8 Å². The number of hydrogen-bond acceptors (Lipinski definition) is 14. The monoisotopic (exact) mass is 676 g/mol. The third-order valence-corrected chi connectivity index (χ3v) is 8.28. The molecule has 264 valence electrons. The molecule has 0 heterocycles. The Morgan fingerprint density at radius 3 is 1.75 bits per heavy atom. The summed E-state index contributed by atoms with van der Waals surface area (Å²) in [6.07, 6.45) is 0.306. The number of anilines is 1. The minimum absolute atomic E-state index is 0.114. The van der Waals surface area contributed by atoms with Crippen molar-refractivity contribution in [3.05, 3.63) is 58.9 Å². The molecule has 2 aliphatic rings. The molecule has 1 saturated carbocycles. The molecule has 0 spiro atoms. The Hall–Kier alpha value is -3.80. The minimum atomic E-state index is -1.74. The lowest BCUT2D eigenvalue weighted by molar-refractivity contribution is -0.530. The summed E-state index contributed by atoms with van der Waals surface area (Å²) in [6, 6.07) is 3.84. The molecule has 5 atom stereocenters. The number of nitrogens with zero attached hydrogens (tertiary/aromatic N) is 2. The van der Waals surface area contributed by atoms with Crippen LogP contribution in [-0.4, -0.2) is 151 Å². The maximum absolute atomic E-state index is 13.6. The Balaban J connectivity index is 1.93. The van der Waals surface area contributed by atoms with Gasteiger partial charge in [-0.05, 0) is 36.6 Å². The highest BCUT2D eigenvalue weighted by Crippen LogP contribution is 2.38. The minimum Gasteiger partial charge on any atom is -0.872 e. The van der Waals surface area contributed by atoms with E-state index < -0.39 is 91.2 Å². The lowest BCUT2D eigenvalue weighted by Gasteiger charge is -2.29. The van der Waals surface area contributed by atoms with Gasteiger partial charge in [0.2, 0.25) is 17.3 Å². The molecule has 15 nitrogen and oxygen atoms in total. The summed E-state index contributed by atoms with van der Waals surface area (Å²) >= 11 is 0. The Morgan fingerprint density at radius 1 is 0.750 bits per heavy atom. The van der Waals surface area contributed by atoms with Crippen LogP contribution in [0.4, 0.5) is 5.69 Å². The van der Waals surface area contributed by atoms with Gasteiger partial charge in [0.05, 0.1) is 62.5 Å². The Kier molecular flexibility index (Phi) is 14.6. The Bertz CT molecular complexity index is 1420. The predicted molar refractivity (Wildman–Crippen MR) is 169 cm³/mol. The normalized spacial score (nSPS) is 20.6. The van der Waals surface area contributed by atoms with Gasteiger partial charge >= 0.3 is 0 Å². The topological polar surface area (TPSA) is 263 Å². The van der Waals surface area contributed by atoms with Gasteiger partial charge in [-0.1, -0.05) is 6.07 Å². The predicted octanol–water partition coefficient (Wildman–Crippen LogP) is -2.89. The fourth-order valence-corrected chi connectivity index (χ4v) is 5.38. The fraction of sp³-hybridized carbons (Fsp3) is 0.515. The number of carbonyl (C=O) groups excluding carboxylic acids is 3. The average molecular weight is 677 g/mol. The first kappa shape index (κ1) is 38.6. The van der Waals surface area contributed by atoms with E-state index in [1.165, 1.54) is 30.4 Å². The molecule has 0 bridgehead atoms. The van der Waals surface area contributed by atoms with Gasteiger partial charge in [-0.15, -0.1) is 5.75 Å². The van der Waals surface area contributed by atoms with Crippen LogP contribution in [0.25, 0.3) is 0 Å². The third kappa shape index (κ3) is 9.64. The Labute approximate surface area is 276 Å². The van der Waals surface area contributed by atoms with E-state index in [2.05, 4.69) is 0 Å². The largest absolute Gasteiger partial charge is 0.872 e. The Morgan fingerprint density at radius 2 is 1.27 bits per heavy atom. The van der Waals surface area contributed by atoms with Gasteiger partial charge in [0.15, 0.2) is 5.78 Å². The van der Waals surface area contributed by atoms with Crippen molar-refractivity contribution < 1.29 is 70.0 Å². The molecule has 1 fully saturated rings. The second kappa shape index (κ2) is 18.1. The van der Waals surface area contributed by atoms with E-state index in [1.807, 2.05) is 0 Å². The number of aliphatic hydroxyl groups excluding tert-OH is 9. The highest BCUT2D eigenvalue weighted by atomic mass is 16.3. The molecule has 48 heavy (non-hydrogen) atoms. The molecule has 0 amide bonds. The zero-order valence-corrected chi connectivity index (χ0v) is 26.4. The summed E-state index contributed by atoms with van der Waals surface area (Å²) in [5.41, 5.74) is -0.380. The molecule has 1 aromatic rings. The van der Waals surface area contributed by atoms with E-state index >= 15 is 0 Å². The lowest BCUT2D eigenvalue weighted by Crippen LogP contribution is -2.32. The van der Waals surface area contributed by atoms with Gasteiger partial charge in [-0.2, -0.15) is 0 Å². The van der Waals surface area contributed by atoms with Gasteiger partial charge < -0.3 is 56.0 Å². The van der Waals surface area contributed by atoms with Crippen molar-refractivity contribution in [1.29, 1.82) is 0 Å². The number of allylic oxidation sites excluding steroid dienone is 4. The molecular weight excluding hydrogens is 632 g/mol. The maximum Gasteiger partial charge on any atom is 0.234 e. The zero-order chi connectivity index (χ0) is 35.5. The van der Waals surface area contributed by atoms with Crippen LogP contribution in [0, 0.1) is 0 Å². The van der Waals surface area contributed by atoms with Crippen LogP contribution < -0.4 is 10.0 Å². The molecule has 15 heteroatoms. The molecule has 1 aromatic carbocycles. The molecule has 3 rings (SSSR count). The van der Waals surface area contributed by atoms with Crippen molar-refractivity contribution in [2.45, 2.75) is 56.0 Å². The van der Waals surface area contributed by atoms with E-state index in [9.17, 15) is 55.2 Å². The fourth-order valence-electron chi connectivity index (χ4n) is 5.38. The first-order chi connectivity index (χ1) is 22.9. The van der Waals surface area contributed by atoms with Crippen molar-refractivity contribution >= 4 is 28.7 Å². The first-order valence-electron chi connectivity index (χ1n) is 15.7. The molecule has 0 aliphatic heterocycles. The van der Waals surface area contributed by atoms with Gasteiger partial charge in [0, 0.05) is 43.3 Å². The van der Waals surface area contributed by atoms with Crippen LogP contribution in [0.1, 0.15) is 37.2 Å². The molecule has 0 radical (unpaired) electrons. The van der Waals surface area contributed by atoms with Gasteiger partial charge in [-0.3, -0.25) is 14.4 Å². The molecule has 0 saturated heterocycles. The smallest absolute Gasteiger partial charge is 0.234 e. The summed E-state index contributed by atoms with van der Waals surface area (Å²) in [4.78, 5) is 41.4. The summed E-state index contributed by atoms with van der Waals surface area (Å²) in [7, 11) is 0. The van der Waals surface area contributed by atoms with Crippen LogP contribution >= 0.6 is 0 Å². The van der Waals surface area contributed by atoms with Crippen molar-refractivity contribution in [2.75, 3.05) is 57.5 Å². The number of carbonyl (C=O) groups is 3. The number of ketones is 3. The lowest BCUT2D eigenvalue weighted by atomic mass is 9.92. The average Bonchev–Trinajstić information content (AvgIpc) is 3.30. The second-order valence-corrected chi connectivity index (χ2v) is 11.8. The highest BCUT2D eigenvalue weighted by Gasteiger charge is 2.47. The molecule has 0 aromatic heterocycles. The van der Waals surface area contributed by atoms with Crippen molar-refractivity contribution in [1.82, 2.24) is 0 Å². The van der Waals surface area contributed by atoms with Gasteiger partial charge in [0.25, 0.3) is 0 Å². The van der Waals surface area contributed by atoms with Crippen LogP contribution in [0.2, 0.25) is 0 Å². The number of benzene rings is 1. The molecule has 9 N–H and O–H groups in total. The summed E-state index contributed by atoms with van der Waals surface area (Å²) < 4.78 is 1.65. The van der Waals surface area contributed by atoms with E-state index in [1.54, 1.807) is 9.48 Å². The molecular formula is C33H44N2O13. The number of aliphatic hydroxyl groups is 9. The van der Waals surface area contributed by atoms with E-state index in [0.29, 0.717) is 11.4 Å². The van der Waals surface area contributed by atoms with Crippen molar-refractivity contribution in [3.8, 4) is 5.75 Å². The summed E-state index contributed by atoms with van der Waals surface area (Å²) in [6.45, 7) is -1.26. The van der Waals surface area contributed by atoms with Crippen LogP contribution in [-0.2, 0) is 14.4 Å². The number of hydrogen-bond donors (Lipinski definition) is 9. The number of rotatable bonds is 18. The van der Waals surface area contributed by atoms with Crippen molar-refractivity contribution in [3.63, 3.8) is 0 Å². The van der Waals surface area contributed by atoms with Crippen molar-refractivity contribution in [2.24, 2.45) is 0 Å². The van der Waals surface area contributed by atoms with Gasteiger partial charge in [-0.25, -0.2) is 4.58 Å². The highest BCUT2D eigenvalue weighted by molar-refractivity contribution is 6.61. The zero-order valence-electron chi connectivity index (χ0n) is 26.4.